The van der Waals surface area contributed by atoms with E-state index in [1.54, 1.807) is 11.3 Å². The van der Waals surface area contributed by atoms with E-state index in [0.29, 0.717) is 0 Å². The Morgan fingerprint density at radius 3 is 2.94 bits per heavy atom. The van der Waals surface area contributed by atoms with Gasteiger partial charge in [0.15, 0.2) is 0 Å². The van der Waals surface area contributed by atoms with Gasteiger partial charge in [-0.3, -0.25) is 0 Å². The van der Waals surface area contributed by atoms with Gasteiger partial charge < -0.3 is 10.7 Å². The Labute approximate surface area is 104 Å². The SMILES string of the molecule is Nc1ccc2nc(-c3csc(Br)c3)[nH]c2c1. The molecule has 5 heteroatoms. The minimum Gasteiger partial charge on any atom is -0.399 e. The summed E-state index contributed by atoms with van der Waals surface area (Å²) in [6.45, 7) is 0. The summed E-state index contributed by atoms with van der Waals surface area (Å²) in [5.41, 5.74) is 9.46. The third kappa shape index (κ3) is 1.62. The lowest BCUT2D eigenvalue weighted by Crippen LogP contribution is -1.82. The van der Waals surface area contributed by atoms with Crippen LogP contribution in [0.25, 0.3) is 22.4 Å². The highest BCUT2D eigenvalue weighted by Gasteiger charge is 2.06. The first-order valence-electron chi connectivity index (χ1n) is 4.72. The van der Waals surface area contributed by atoms with Crippen LogP contribution in [0.15, 0.2) is 33.4 Å². The monoisotopic (exact) mass is 293 g/mol. The van der Waals surface area contributed by atoms with E-state index in [1.165, 1.54) is 0 Å². The molecule has 0 atom stereocenters. The van der Waals surface area contributed by atoms with Gasteiger partial charge in [0.2, 0.25) is 0 Å². The summed E-state index contributed by atoms with van der Waals surface area (Å²) in [5, 5.41) is 2.06. The van der Waals surface area contributed by atoms with Crippen LogP contribution in [-0.4, -0.2) is 9.97 Å². The van der Waals surface area contributed by atoms with Gasteiger partial charge in [-0.25, -0.2) is 4.98 Å². The zero-order valence-corrected chi connectivity index (χ0v) is 10.6. The molecule has 80 valence electrons. The summed E-state index contributed by atoms with van der Waals surface area (Å²) in [4.78, 5) is 7.77. The maximum Gasteiger partial charge on any atom is 0.139 e. The maximum absolute atomic E-state index is 5.72. The highest BCUT2D eigenvalue weighted by molar-refractivity contribution is 9.11. The number of nitrogens with two attached hydrogens (primary N) is 1. The lowest BCUT2D eigenvalue weighted by atomic mass is 10.3. The van der Waals surface area contributed by atoms with Crippen LogP contribution in [0.4, 0.5) is 5.69 Å². The summed E-state index contributed by atoms with van der Waals surface area (Å²) >= 11 is 5.09. The second-order valence-electron chi connectivity index (χ2n) is 3.50. The van der Waals surface area contributed by atoms with Gasteiger partial charge >= 0.3 is 0 Å². The lowest BCUT2D eigenvalue weighted by molar-refractivity contribution is 1.35. The molecule has 0 bridgehead atoms. The minimum absolute atomic E-state index is 0.745. The number of aromatic amines is 1. The average Bonchev–Trinajstić information content (AvgIpc) is 2.83. The Hall–Kier alpha value is -1.33. The Morgan fingerprint density at radius 1 is 1.31 bits per heavy atom. The van der Waals surface area contributed by atoms with E-state index in [4.69, 9.17) is 5.73 Å². The van der Waals surface area contributed by atoms with E-state index < -0.39 is 0 Å². The number of hydrogen-bond acceptors (Lipinski definition) is 3. The van der Waals surface area contributed by atoms with Crippen molar-refractivity contribution in [3.63, 3.8) is 0 Å². The number of nitrogens with one attached hydrogen (secondary N) is 1. The molecule has 0 aliphatic rings. The summed E-state index contributed by atoms with van der Waals surface area (Å²) < 4.78 is 1.10. The van der Waals surface area contributed by atoms with E-state index in [0.717, 1.165) is 31.9 Å². The molecule has 3 nitrogen and oxygen atoms in total. The standard InChI is InChI=1S/C11H8BrN3S/c12-10-3-6(5-16-10)11-14-8-2-1-7(13)4-9(8)15-11/h1-5H,13H2,(H,14,15). The van der Waals surface area contributed by atoms with Crippen molar-refractivity contribution in [2.24, 2.45) is 0 Å². The van der Waals surface area contributed by atoms with E-state index in [-0.39, 0.29) is 0 Å². The molecular weight excluding hydrogens is 286 g/mol. The maximum atomic E-state index is 5.72. The molecule has 1 aromatic carbocycles. The van der Waals surface area contributed by atoms with Crippen molar-refractivity contribution in [3.8, 4) is 11.4 Å². The second kappa shape index (κ2) is 3.61. The molecule has 0 unspecified atom stereocenters. The van der Waals surface area contributed by atoms with Gasteiger partial charge in [0.1, 0.15) is 5.82 Å². The van der Waals surface area contributed by atoms with E-state index in [9.17, 15) is 0 Å². The summed E-state index contributed by atoms with van der Waals surface area (Å²) in [6.07, 6.45) is 0. The van der Waals surface area contributed by atoms with Crippen molar-refractivity contribution in [1.82, 2.24) is 9.97 Å². The van der Waals surface area contributed by atoms with Crippen molar-refractivity contribution in [2.75, 3.05) is 5.73 Å². The molecule has 0 saturated carbocycles. The van der Waals surface area contributed by atoms with Crippen molar-refractivity contribution in [1.29, 1.82) is 0 Å². The molecule has 0 aliphatic heterocycles. The van der Waals surface area contributed by atoms with Gasteiger partial charge in [-0.2, -0.15) is 0 Å². The Kier molecular flexibility index (Phi) is 2.22. The number of H-pyrrole nitrogens is 1. The molecule has 3 N–H and O–H groups in total. The Bertz CT molecular complexity index is 656. The van der Waals surface area contributed by atoms with E-state index in [2.05, 4.69) is 31.3 Å². The van der Waals surface area contributed by atoms with Crippen molar-refractivity contribution < 1.29 is 0 Å². The second-order valence-corrected chi connectivity index (χ2v) is 5.79. The van der Waals surface area contributed by atoms with Crippen LogP contribution in [0.3, 0.4) is 0 Å². The number of nitrogens with zero attached hydrogens (tertiary/aromatic N) is 1. The first-order chi connectivity index (χ1) is 7.72. The Morgan fingerprint density at radius 2 is 2.19 bits per heavy atom. The smallest absolute Gasteiger partial charge is 0.139 e. The van der Waals surface area contributed by atoms with Crippen LogP contribution in [0.5, 0.6) is 0 Å². The van der Waals surface area contributed by atoms with Crippen LogP contribution in [0.1, 0.15) is 0 Å². The van der Waals surface area contributed by atoms with Gasteiger partial charge in [-0.15, -0.1) is 11.3 Å². The molecule has 0 radical (unpaired) electrons. The molecule has 0 aliphatic carbocycles. The molecule has 2 aromatic heterocycles. The minimum atomic E-state index is 0.745. The number of nitrogen functional groups attached to an aromatic ring is 1. The molecule has 0 saturated heterocycles. The van der Waals surface area contributed by atoms with Crippen molar-refractivity contribution in [2.45, 2.75) is 0 Å². The van der Waals surface area contributed by atoms with Crippen LogP contribution < -0.4 is 5.73 Å². The zero-order chi connectivity index (χ0) is 11.1. The molecule has 0 amide bonds. The molecule has 16 heavy (non-hydrogen) atoms. The molecule has 0 fully saturated rings. The van der Waals surface area contributed by atoms with Gasteiger partial charge in [0.25, 0.3) is 0 Å². The number of hydrogen-bond donors (Lipinski definition) is 2. The van der Waals surface area contributed by atoms with Crippen molar-refractivity contribution >= 4 is 44.0 Å². The number of imidazole rings is 1. The van der Waals surface area contributed by atoms with Crippen LogP contribution in [0, 0.1) is 0 Å². The van der Waals surface area contributed by atoms with E-state index >= 15 is 0 Å². The summed E-state index contributed by atoms with van der Waals surface area (Å²) in [5.74, 6) is 0.877. The fraction of sp³-hybridized carbons (Fsp3) is 0. The number of fused-ring (bicyclic) bond motifs is 1. The van der Waals surface area contributed by atoms with Crippen molar-refractivity contribution in [3.05, 3.63) is 33.4 Å². The van der Waals surface area contributed by atoms with Gasteiger partial charge in [0, 0.05) is 16.6 Å². The topological polar surface area (TPSA) is 54.7 Å². The van der Waals surface area contributed by atoms with Gasteiger partial charge in [0.05, 0.1) is 14.8 Å². The number of rotatable bonds is 1. The number of benzene rings is 1. The molecule has 0 spiro atoms. The van der Waals surface area contributed by atoms with Crippen LogP contribution >= 0.6 is 27.3 Å². The van der Waals surface area contributed by atoms with Gasteiger partial charge in [-0.05, 0) is 40.2 Å². The predicted molar refractivity (Wildman–Crippen MR) is 71.5 cm³/mol. The average molecular weight is 294 g/mol. The quantitative estimate of drug-likeness (QED) is 0.673. The fourth-order valence-corrected chi connectivity index (χ4v) is 2.74. The normalized spacial score (nSPS) is 11.1. The lowest BCUT2D eigenvalue weighted by Gasteiger charge is -1.89. The third-order valence-electron chi connectivity index (χ3n) is 2.35. The highest BCUT2D eigenvalue weighted by atomic mass is 79.9. The molecule has 3 rings (SSSR count). The van der Waals surface area contributed by atoms with Crippen LogP contribution in [0.2, 0.25) is 0 Å². The predicted octanol–water partition coefficient (Wildman–Crippen LogP) is 3.64. The van der Waals surface area contributed by atoms with Crippen LogP contribution in [-0.2, 0) is 0 Å². The number of thiophene rings is 1. The Balaban J connectivity index is 2.18. The van der Waals surface area contributed by atoms with Gasteiger partial charge in [-0.1, -0.05) is 0 Å². The number of aromatic nitrogens is 2. The fourth-order valence-electron chi connectivity index (χ4n) is 1.60. The van der Waals surface area contributed by atoms with E-state index in [1.807, 2.05) is 24.3 Å². The zero-order valence-electron chi connectivity index (χ0n) is 8.20. The summed E-state index contributed by atoms with van der Waals surface area (Å²) in [6, 6.07) is 7.72. The summed E-state index contributed by atoms with van der Waals surface area (Å²) in [7, 11) is 0. The molecule has 3 aromatic rings. The number of anilines is 1. The largest absolute Gasteiger partial charge is 0.399 e. The molecule has 2 heterocycles. The first-order valence-corrected chi connectivity index (χ1v) is 6.39. The number of halogens is 1. The third-order valence-corrected chi connectivity index (χ3v) is 3.85. The molecular formula is C11H8BrN3S. The first kappa shape index (κ1) is 9.86. The highest BCUT2D eigenvalue weighted by Crippen LogP contribution is 2.28.